The molecule has 0 radical (unpaired) electrons. The zero-order valence-corrected chi connectivity index (χ0v) is 15.3. The number of carbonyl (C=O) groups is 4. The molecule has 0 saturated heterocycles. The Morgan fingerprint density at radius 2 is 1.03 bits per heavy atom. The predicted octanol–water partition coefficient (Wildman–Crippen LogP) is 2.54. The molecule has 0 saturated carbocycles. The highest BCUT2D eigenvalue weighted by molar-refractivity contribution is 5.93. The molecule has 0 fully saturated rings. The first-order valence-electron chi connectivity index (χ1n) is 8.15. The lowest BCUT2D eigenvalue weighted by Crippen LogP contribution is -2.00. The minimum Gasteiger partial charge on any atom is -0.481 e. The molecule has 0 aliphatic heterocycles. The number of aromatic nitrogens is 2. The third kappa shape index (κ3) is 9.38. The van der Waals surface area contributed by atoms with Crippen LogP contribution in [0, 0.1) is 0 Å². The van der Waals surface area contributed by atoms with Crippen LogP contribution in [0.15, 0.2) is 60.7 Å². The summed E-state index contributed by atoms with van der Waals surface area (Å²) in [5.74, 6) is -3.89. The van der Waals surface area contributed by atoms with Crippen molar-refractivity contribution < 1.29 is 34.5 Å². The Bertz CT molecular complexity index is 928. The average molecular weight is 398 g/mol. The van der Waals surface area contributed by atoms with Gasteiger partial charge in [-0.25, -0.2) is 19.6 Å². The fraction of sp³-hybridized carbons (Fsp3) is 0.100. The third-order valence-corrected chi connectivity index (χ3v) is 3.01. The van der Waals surface area contributed by atoms with Gasteiger partial charge < -0.3 is 15.3 Å². The van der Waals surface area contributed by atoms with Gasteiger partial charge in [-0.2, -0.15) is 0 Å². The molecule has 1 aromatic heterocycles. The first-order chi connectivity index (χ1) is 13.7. The molecule has 0 aliphatic carbocycles. The number of rotatable bonds is 4. The summed E-state index contributed by atoms with van der Waals surface area (Å²) in [5.41, 5.74) is 3.80. The van der Waals surface area contributed by atoms with Gasteiger partial charge >= 0.3 is 17.9 Å². The first kappa shape index (κ1) is 22.9. The second kappa shape index (κ2) is 11.5. The van der Waals surface area contributed by atoms with Gasteiger partial charge in [-0.3, -0.25) is 9.59 Å². The molecule has 3 rings (SSSR count). The number of carbonyl (C=O) groups excluding carboxylic acids is 1. The number of hydrogen-bond donors (Lipinski definition) is 3. The van der Waals surface area contributed by atoms with Crippen LogP contribution in [0.4, 0.5) is 0 Å². The zero-order valence-electron chi connectivity index (χ0n) is 15.3. The first-order valence-corrected chi connectivity index (χ1v) is 8.15. The Labute approximate surface area is 165 Å². The van der Waals surface area contributed by atoms with E-state index in [4.69, 9.17) is 15.3 Å². The van der Waals surface area contributed by atoms with Gasteiger partial charge in [-0.1, -0.05) is 24.3 Å². The van der Waals surface area contributed by atoms with Crippen LogP contribution in [-0.2, 0) is 19.2 Å². The Morgan fingerprint density at radius 1 is 0.724 bits per heavy atom. The van der Waals surface area contributed by atoms with Gasteiger partial charge in [-0.05, 0) is 31.2 Å². The van der Waals surface area contributed by atoms with Crippen LogP contribution < -0.4 is 0 Å². The molecule has 150 valence electrons. The molecule has 3 N–H and O–H groups in total. The van der Waals surface area contributed by atoms with E-state index in [1.165, 1.54) is 6.92 Å². The van der Waals surface area contributed by atoms with Crippen molar-refractivity contribution in [3.63, 3.8) is 0 Å². The van der Waals surface area contributed by atoms with Crippen molar-refractivity contribution in [3.05, 3.63) is 60.7 Å². The maximum absolute atomic E-state index is 9.87. The monoisotopic (exact) mass is 398 g/mol. The quantitative estimate of drug-likeness (QED) is 0.341. The van der Waals surface area contributed by atoms with Crippen molar-refractivity contribution in [2.24, 2.45) is 0 Å². The van der Waals surface area contributed by atoms with Crippen LogP contribution in [0.25, 0.3) is 22.1 Å². The molecule has 1 heterocycles. The molecule has 0 unspecified atom stereocenters. The number of para-hydroxylation sites is 4. The smallest absolute Gasteiger partial charge is 0.328 e. The molecule has 9 heteroatoms. The van der Waals surface area contributed by atoms with E-state index in [-0.39, 0.29) is 12.2 Å². The topological polar surface area (TPSA) is 155 Å². The van der Waals surface area contributed by atoms with E-state index < -0.39 is 17.9 Å². The molecule has 29 heavy (non-hydrogen) atoms. The van der Waals surface area contributed by atoms with E-state index in [1.807, 2.05) is 48.5 Å². The second-order valence-corrected chi connectivity index (χ2v) is 5.48. The molecule has 0 amide bonds. The summed E-state index contributed by atoms with van der Waals surface area (Å²) in [7, 11) is 0. The molecule has 3 aromatic rings. The van der Waals surface area contributed by atoms with Gasteiger partial charge in [0.15, 0.2) is 0 Å². The van der Waals surface area contributed by atoms with Gasteiger partial charge in [0.05, 0.1) is 22.1 Å². The molecule has 0 bridgehead atoms. The maximum Gasteiger partial charge on any atom is 0.328 e. The molecular formula is C20H18N2O7. The number of aliphatic carboxylic acids is 3. The van der Waals surface area contributed by atoms with Crippen molar-refractivity contribution in [2.75, 3.05) is 0 Å². The number of nitrogens with zero attached hydrogens (tertiary/aromatic N) is 2. The number of Topliss-reactive ketones (excluding diaryl/α,β-unsaturated/α-hetero) is 1. The van der Waals surface area contributed by atoms with Crippen molar-refractivity contribution in [3.8, 4) is 0 Å². The van der Waals surface area contributed by atoms with Gasteiger partial charge in [0, 0.05) is 12.2 Å². The van der Waals surface area contributed by atoms with Crippen LogP contribution in [0.1, 0.15) is 13.3 Å². The molecule has 2 aromatic carbocycles. The van der Waals surface area contributed by atoms with Crippen LogP contribution in [-0.4, -0.2) is 49.0 Å². The highest BCUT2D eigenvalue weighted by Gasteiger charge is 1.99. The van der Waals surface area contributed by atoms with E-state index in [0.717, 1.165) is 22.1 Å². The Balaban J connectivity index is 0.000000243. The van der Waals surface area contributed by atoms with Crippen molar-refractivity contribution in [2.45, 2.75) is 13.3 Å². The van der Waals surface area contributed by atoms with Gasteiger partial charge in [0.1, 0.15) is 12.2 Å². The van der Waals surface area contributed by atoms with E-state index >= 15 is 0 Å². The minimum absolute atomic E-state index is 0.312. The summed E-state index contributed by atoms with van der Waals surface area (Å²) in [6.07, 6.45) is 0.755. The largest absolute Gasteiger partial charge is 0.481 e. The molecule has 0 spiro atoms. The van der Waals surface area contributed by atoms with E-state index in [2.05, 4.69) is 9.97 Å². The summed E-state index contributed by atoms with van der Waals surface area (Å²) in [5, 5.41) is 23.5. The van der Waals surface area contributed by atoms with E-state index in [1.54, 1.807) is 0 Å². The number of carboxylic acids is 3. The van der Waals surface area contributed by atoms with Crippen molar-refractivity contribution >= 4 is 45.8 Å². The Kier molecular flexibility index (Phi) is 9.12. The van der Waals surface area contributed by atoms with Crippen LogP contribution in [0.5, 0.6) is 0 Å². The number of fused-ring (bicyclic) bond motifs is 2. The molecule has 9 nitrogen and oxygen atoms in total. The highest BCUT2D eigenvalue weighted by Crippen LogP contribution is 2.14. The van der Waals surface area contributed by atoms with Crippen LogP contribution >= 0.6 is 0 Å². The average Bonchev–Trinajstić information content (AvgIpc) is 2.64. The normalized spacial score (nSPS) is 9.83. The van der Waals surface area contributed by atoms with Crippen molar-refractivity contribution in [1.82, 2.24) is 9.97 Å². The summed E-state index contributed by atoms with van der Waals surface area (Å²) < 4.78 is 0. The van der Waals surface area contributed by atoms with Gasteiger partial charge in [0.25, 0.3) is 0 Å². The van der Waals surface area contributed by atoms with Crippen LogP contribution in [0.3, 0.4) is 0 Å². The number of ketones is 1. The van der Waals surface area contributed by atoms with Gasteiger partial charge in [-0.15, -0.1) is 0 Å². The lowest BCUT2D eigenvalue weighted by molar-refractivity contribution is -0.140. The predicted molar refractivity (Wildman–Crippen MR) is 104 cm³/mol. The number of carboxylic acid groups (broad SMARTS) is 3. The SMILES string of the molecule is CC(=O)CC(=O)O.O=C(O)/C=C\C(=O)O.c1ccc2nc3ccccc3nc2c1. The van der Waals surface area contributed by atoms with E-state index in [9.17, 15) is 19.2 Å². The zero-order chi connectivity index (χ0) is 21.8. The Hall–Kier alpha value is -4.14. The molecule has 0 aliphatic rings. The Morgan fingerprint density at radius 3 is 1.21 bits per heavy atom. The standard InChI is InChI=1S/C12H8N2.C4H4O4.C4H6O3/c1-2-6-10-9(5-1)13-11-7-3-4-8-12(11)14-10;5-3(6)1-2-4(7)8;1-3(5)2-4(6)7/h1-8H;1-2H,(H,5,6)(H,7,8);2H2,1H3,(H,6,7)/b;2-1-;. The fourth-order valence-electron chi connectivity index (χ4n) is 1.92. The summed E-state index contributed by atoms with van der Waals surface area (Å²) in [6.45, 7) is 1.24. The highest BCUT2D eigenvalue weighted by atomic mass is 16.4. The number of hydrogen-bond acceptors (Lipinski definition) is 6. The second-order valence-electron chi connectivity index (χ2n) is 5.48. The maximum atomic E-state index is 9.87. The van der Waals surface area contributed by atoms with Crippen molar-refractivity contribution in [1.29, 1.82) is 0 Å². The van der Waals surface area contributed by atoms with Gasteiger partial charge in [0.2, 0.25) is 0 Å². The fourth-order valence-corrected chi connectivity index (χ4v) is 1.92. The minimum atomic E-state index is -1.26. The summed E-state index contributed by atoms with van der Waals surface area (Å²) in [4.78, 5) is 47.6. The lowest BCUT2D eigenvalue weighted by atomic mass is 10.2. The third-order valence-electron chi connectivity index (χ3n) is 3.01. The lowest BCUT2D eigenvalue weighted by Gasteiger charge is -1.98. The van der Waals surface area contributed by atoms with Crippen LogP contribution in [0.2, 0.25) is 0 Å². The summed E-state index contributed by atoms with van der Waals surface area (Å²) in [6, 6.07) is 15.8. The number of benzene rings is 2. The molecular weight excluding hydrogens is 380 g/mol. The molecule has 0 atom stereocenters. The van der Waals surface area contributed by atoms with E-state index in [0.29, 0.717) is 12.2 Å². The summed E-state index contributed by atoms with van der Waals surface area (Å²) >= 11 is 0.